The Hall–Kier alpha value is -3.10. The lowest BCUT2D eigenvalue weighted by Crippen LogP contribution is -2.33. The minimum Gasteiger partial charge on any atom is -0.385 e. The number of thioether (sulfide) groups is 1. The van der Waals surface area contributed by atoms with Crippen LogP contribution in [0, 0.1) is 12.8 Å². The molecule has 0 aliphatic carbocycles. The summed E-state index contributed by atoms with van der Waals surface area (Å²) >= 11 is 1.21. The Morgan fingerprint density at radius 1 is 1.06 bits per heavy atom. The maximum atomic E-state index is 13.2. The largest absolute Gasteiger partial charge is 0.385 e. The molecule has 180 valence electrons. The van der Waals surface area contributed by atoms with E-state index in [1.807, 2.05) is 63.2 Å². The van der Waals surface area contributed by atoms with Crippen LogP contribution in [0.3, 0.4) is 0 Å². The molecule has 1 aliphatic heterocycles. The predicted molar refractivity (Wildman–Crippen MR) is 135 cm³/mol. The fraction of sp³-hybridized carbons (Fsp3) is 0.346. The third-order valence-electron chi connectivity index (χ3n) is 5.11. The minimum absolute atomic E-state index is 0.0606. The van der Waals surface area contributed by atoms with Gasteiger partial charge in [-0.2, -0.15) is 0 Å². The number of aryl methyl sites for hydroxylation is 1. The first-order valence-electron chi connectivity index (χ1n) is 11.3. The van der Waals surface area contributed by atoms with Crippen molar-refractivity contribution >= 4 is 40.9 Å². The van der Waals surface area contributed by atoms with E-state index in [1.54, 1.807) is 13.2 Å². The van der Waals surface area contributed by atoms with Crippen LogP contribution in [0.2, 0.25) is 0 Å². The van der Waals surface area contributed by atoms with Gasteiger partial charge in [-0.25, -0.2) is 0 Å². The zero-order valence-corrected chi connectivity index (χ0v) is 20.8. The van der Waals surface area contributed by atoms with Crippen molar-refractivity contribution in [1.29, 1.82) is 0 Å². The number of ether oxygens (including phenoxy) is 1. The molecule has 0 bridgehead atoms. The second kappa shape index (κ2) is 11.9. The molecule has 0 aromatic heterocycles. The van der Waals surface area contributed by atoms with Gasteiger partial charge in [0.05, 0.1) is 0 Å². The van der Waals surface area contributed by atoms with E-state index in [9.17, 15) is 14.4 Å². The van der Waals surface area contributed by atoms with Gasteiger partial charge in [-0.15, -0.1) is 0 Å². The summed E-state index contributed by atoms with van der Waals surface area (Å²) in [5, 5.41) is 6.05. The summed E-state index contributed by atoms with van der Waals surface area (Å²) in [6.07, 6.45) is 0.984. The van der Waals surface area contributed by atoms with Crippen LogP contribution in [0.4, 0.5) is 11.4 Å². The number of carbonyl (C=O) groups excluding carboxylic acids is 3. The summed E-state index contributed by atoms with van der Waals surface area (Å²) in [6, 6.07) is 14.9. The first-order valence-corrected chi connectivity index (χ1v) is 12.1. The molecule has 3 rings (SSSR count). The summed E-state index contributed by atoms with van der Waals surface area (Å²) in [7, 11) is 1.59. The number of methoxy groups -OCH3 is 1. The molecule has 3 amide bonds. The summed E-state index contributed by atoms with van der Waals surface area (Å²) < 4.78 is 5.08. The molecule has 0 saturated carbocycles. The first kappa shape index (κ1) is 25.5. The molecule has 7 nitrogen and oxygen atoms in total. The van der Waals surface area contributed by atoms with Crippen molar-refractivity contribution in [3.05, 3.63) is 64.7 Å². The molecule has 1 heterocycles. The fourth-order valence-electron chi connectivity index (χ4n) is 3.45. The number of carbonyl (C=O) groups is 3. The van der Waals surface area contributed by atoms with Gasteiger partial charge in [0, 0.05) is 43.0 Å². The molecule has 8 heteroatoms. The SMILES string of the molecule is COCCCN1C(=O)C(Nc2ccc(C)cc2)=C(Sc2cccc(NC(=O)CC(C)C)c2)C1=O. The Balaban J connectivity index is 1.86. The molecule has 1 aliphatic rings. The molecule has 0 radical (unpaired) electrons. The Morgan fingerprint density at radius 3 is 2.47 bits per heavy atom. The summed E-state index contributed by atoms with van der Waals surface area (Å²) in [5.74, 6) is -0.501. The molecule has 34 heavy (non-hydrogen) atoms. The second-order valence-corrected chi connectivity index (χ2v) is 9.66. The number of imide groups is 1. The number of hydrogen-bond acceptors (Lipinski definition) is 6. The van der Waals surface area contributed by atoms with Gasteiger partial charge in [0.15, 0.2) is 0 Å². The van der Waals surface area contributed by atoms with Gasteiger partial charge in [0.25, 0.3) is 11.8 Å². The molecule has 0 atom stereocenters. The lowest BCUT2D eigenvalue weighted by atomic mass is 10.1. The highest BCUT2D eigenvalue weighted by molar-refractivity contribution is 8.04. The Bertz CT molecular complexity index is 1080. The molecule has 0 spiro atoms. The molecule has 0 fully saturated rings. The van der Waals surface area contributed by atoms with Crippen LogP contribution in [0.15, 0.2) is 64.0 Å². The van der Waals surface area contributed by atoms with Gasteiger partial charge in [0.2, 0.25) is 5.91 Å². The maximum absolute atomic E-state index is 13.2. The zero-order valence-electron chi connectivity index (χ0n) is 20.0. The van der Waals surface area contributed by atoms with Crippen molar-refractivity contribution in [2.45, 2.75) is 38.5 Å². The van der Waals surface area contributed by atoms with E-state index in [4.69, 9.17) is 4.74 Å². The normalized spacial score (nSPS) is 13.7. The van der Waals surface area contributed by atoms with Crippen molar-refractivity contribution in [1.82, 2.24) is 4.90 Å². The number of amides is 3. The quantitative estimate of drug-likeness (QED) is 0.354. The van der Waals surface area contributed by atoms with Crippen LogP contribution < -0.4 is 10.6 Å². The Kier molecular flexibility index (Phi) is 8.90. The highest BCUT2D eigenvalue weighted by Gasteiger charge is 2.38. The number of benzene rings is 2. The molecule has 2 aromatic carbocycles. The average molecular weight is 482 g/mol. The Labute approximate surface area is 204 Å². The Morgan fingerprint density at radius 2 is 1.79 bits per heavy atom. The summed E-state index contributed by atoms with van der Waals surface area (Å²) in [6.45, 7) is 6.70. The van der Waals surface area contributed by atoms with Crippen LogP contribution in [-0.4, -0.2) is 42.9 Å². The summed E-state index contributed by atoms with van der Waals surface area (Å²) in [5.41, 5.74) is 2.73. The lowest BCUT2D eigenvalue weighted by Gasteiger charge is -2.14. The predicted octanol–water partition coefficient (Wildman–Crippen LogP) is 4.80. The zero-order chi connectivity index (χ0) is 24.7. The number of nitrogens with one attached hydrogen (secondary N) is 2. The standard InChI is InChI=1S/C26H31N3O4S/c1-17(2)15-22(30)27-20-7-5-8-21(16-20)34-24-23(28-19-11-9-18(3)10-12-19)25(31)29(26(24)32)13-6-14-33-4/h5,7-12,16-17,28H,6,13-15H2,1-4H3,(H,27,30). The van der Waals surface area contributed by atoms with E-state index in [1.165, 1.54) is 16.7 Å². The van der Waals surface area contributed by atoms with Crippen molar-refractivity contribution < 1.29 is 19.1 Å². The molecule has 0 saturated heterocycles. The average Bonchev–Trinajstić information content (AvgIpc) is 2.99. The highest BCUT2D eigenvalue weighted by atomic mass is 32.2. The van der Waals surface area contributed by atoms with Crippen molar-refractivity contribution in [3.8, 4) is 0 Å². The molecular formula is C26H31N3O4S. The van der Waals surface area contributed by atoms with Crippen molar-refractivity contribution in [3.63, 3.8) is 0 Å². The van der Waals surface area contributed by atoms with Gasteiger partial charge in [-0.1, -0.05) is 49.4 Å². The molecule has 0 unspecified atom stereocenters. The topological polar surface area (TPSA) is 87.7 Å². The number of nitrogens with zero attached hydrogens (tertiary/aromatic N) is 1. The van der Waals surface area contributed by atoms with E-state index in [2.05, 4.69) is 10.6 Å². The molecular weight excluding hydrogens is 450 g/mol. The molecule has 2 N–H and O–H groups in total. The smallest absolute Gasteiger partial charge is 0.278 e. The van der Waals surface area contributed by atoms with Crippen LogP contribution >= 0.6 is 11.8 Å². The van der Waals surface area contributed by atoms with Gasteiger partial charge in [0.1, 0.15) is 10.6 Å². The fourth-order valence-corrected chi connectivity index (χ4v) is 4.45. The second-order valence-electron chi connectivity index (χ2n) is 8.58. The minimum atomic E-state index is -0.356. The molecule has 2 aromatic rings. The van der Waals surface area contributed by atoms with E-state index in [0.717, 1.165) is 16.1 Å². The van der Waals surface area contributed by atoms with Crippen LogP contribution in [0.5, 0.6) is 0 Å². The third-order valence-corrected chi connectivity index (χ3v) is 6.18. The number of rotatable bonds is 11. The van der Waals surface area contributed by atoms with Gasteiger partial charge in [-0.3, -0.25) is 19.3 Å². The maximum Gasteiger partial charge on any atom is 0.278 e. The van der Waals surface area contributed by atoms with Crippen LogP contribution in [0.1, 0.15) is 32.3 Å². The van der Waals surface area contributed by atoms with Crippen molar-refractivity contribution in [2.75, 3.05) is 30.9 Å². The third kappa shape index (κ3) is 6.71. The van der Waals surface area contributed by atoms with Crippen molar-refractivity contribution in [2.24, 2.45) is 5.92 Å². The number of hydrogen-bond donors (Lipinski definition) is 2. The van der Waals surface area contributed by atoms with E-state index >= 15 is 0 Å². The van der Waals surface area contributed by atoms with Crippen LogP contribution in [-0.2, 0) is 19.1 Å². The van der Waals surface area contributed by atoms with Gasteiger partial charge >= 0.3 is 0 Å². The monoisotopic (exact) mass is 481 g/mol. The van der Waals surface area contributed by atoms with E-state index in [-0.39, 0.29) is 35.9 Å². The first-order chi connectivity index (χ1) is 16.3. The lowest BCUT2D eigenvalue weighted by molar-refractivity contribution is -0.137. The van der Waals surface area contributed by atoms with E-state index in [0.29, 0.717) is 30.0 Å². The highest BCUT2D eigenvalue weighted by Crippen LogP contribution is 2.36. The van der Waals surface area contributed by atoms with Gasteiger partial charge in [-0.05, 0) is 49.6 Å². The number of anilines is 2. The van der Waals surface area contributed by atoms with E-state index < -0.39 is 0 Å². The van der Waals surface area contributed by atoms with Gasteiger partial charge < -0.3 is 15.4 Å². The summed E-state index contributed by atoms with van der Waals surface area (Å²) in [4.78, 5) is 40.9. The van der Waals surface area contributed by atoms with Crippen LogP contribution in [0.25, 0.3) is 0 Å².